The molecule has 5 nitrogen and oxygen atoms in total. The van der Waals surface area contributed by atoms with Gasteiger partial charge in [0, 0.05) is 11.8 Å². The average Bonchev–Trinajstić information content (AvgIpc) is 3.06. The van der Waals surface area contributed by atoms with E-state index in [1.54, 1.807) is 7.11 Å². The van der Waals surface area contributed by atoms with E-state index < -0.39 is 0 Å². The van der Waals surface area contributed by atoms with Crippen LogP contribution in [-0.2, 0) is 11.2 Å². The number of methoxy groups -OCH3 is 1. The van der Waals surface area contributed by atoms with Crippen LogP contribution in [0.5, 0.6) is 5.75 Å². The summed E-state index contributed by atoms with van der Waals surface area (Å²) in [5.41, 5.74) is 4.49. The molecule has 2 aromatic heterocycles. The van der Waals surface area contributed by atoms with E-state index in [1.807, 2.05) is 84.3 Å². The number of pyridine rings is 1. The maximum Gasteiger partial charge on any atom is 0.229 e. The Bertz CT molecular complexity index is 1120. The molecule has 0 atom stereocenters. The van der Waals surface area contributed by atoms with E-state index in [0.29, 0.717) is 12.2 Å². The van der Waals surface area contributed by atoms with Crippen LogP contribution in [0.1, 0.15) is 11.1 Å². The normalized spacial score (nSPS) is 10.8. The zero-order chi connectivity index (χ0) is 19.5. The maximum atomic E-state index is 12.7. The van der Waals surface area contributed by atoms with Crippen LogP contribution < -0.4 is 10.1 Å². The van der Waals surface area contributed by atoms with Gasteiger partial charge in [-0.2, -0.15) is 0 Å². The summed E-state index contributed by atoms with van der Waals surface area (Å²) in [5, 5.41) is 3.07. The maximum absolute atomic E-state index is 12.7. The molecular weight excluding hydrogens is 350 g/mol. The molecular formula is C23H21N3O2. The van der Waals surface area contributed by atoms with Gasteiger partial charge in [0.1, 0.15) is 22.9 Å². The lowest BCUT2D eigenvalue weighted by Crippen LogP contribution is -2.16. The Morgan fingerprint density at radius 1 is 1.04 bits per heavy atom. The number of nitrogens with zero attached hydrogens (tertiary/aromatic N) is 2. The fourth-order valence-corrected chi connectivity index (χ4v) is 3.18. The molecule has 0 saturated heterocycles. The number of carbonyl (C=O) groups is 1. The summed E-state index contributed by atoms with van der Waals surface area (Å²) in [6.45, 7) is 2.02. The molecule has 0 saturated carbocycles. The predicted molar refractivity (Wildman–Crippen MR) is 111 cm³/mol. The Morgan fingerprint density at radius 2 is 1.79 bits per heavy atom. The zero-order valence-electron chi connectivity index (χ0n) is 15.8. The first kappa shape index (κ1) is 17.8. The first-order chi connectivity index (χ1) is 13.6. The molecule has 140 valence electrons. The summed E-state index contributed by atoms with van der Waals surface area (Å²) in [4.78, 5) is 17.5. The fourth-order valence-electron chi connectivity index (χ4n) is 3.18. The summed E-state index contributed by atoms with van der Waals surface area (Å²) in [5.74, 6) is 1.37. The molecule has 0 aliphatic heterocycles. The van der Waals surface area contributed by atoms with Crippen molar-refractivity contribution >= 4 is 17.4 Å². The van der Waals surface area contributed by atoms with Crippen molar-refractivity contribution in [3.63, 3.8) is 0 Å². The van der Waals surface area contributed by atoms with Crippen LogP contribution in [0, 0.1) is 6.92 Å². The molecule has 5 heteroatoms. The van der Waals surface area contributed by atoms with Crippen molar-refractivity contribution < 1.29 is 9.53 Å². The third-order valence-electron chi connectivity index (χ3n) is 4.60. The van der Waals surface area contributed by atoms with Gasteiger partial charge in [-0.3, -0.25) is 9.20 Å². The molecule has 0 aliphatic carbocycles. The van der Waals surface area contributed by atoms with Crippen LogP contribution in [0.4, 0.5) is 5.82 Å². The number of nitrogens with one attached hydrogen (secondary N) is 1. The smallest absolute Gasteiger partial charge is 0.229 e. The number of fused-ring (bicyclic) bond motifs is 1. The molecule has 28 heavy (non-hydrogen) atoms. The number of hydrogen-bond acceptors (Lipinski definition) is 3. The van der Waals surface area contributed by atoms with Gasteiger partial charge in [-0.1, -0.05) is 36.4 Å². The van der Waals surface area contributed by atoms with E-state index in [2.05, 4.69) is 5.32 Å². The lowest BCUT2D eigenvalue weighted by Gasteiger charge is -2.09. The molecule has 0 radical (unpaired) electrons. The van der Waals surface area contributed by atoms with Crippen LogP contribution in [0.2, 0.25) is 0 Å². The van der Waals surface area contributed by atoms with Gasteiger partial charge in [0.05, 0.1) is 13.5 Å². The molecule has 0 spiro atoms. The molecule has 1 N–H and O–H groups in total. The second-order valence-electron chi connectivity index (χ2n) is 6.68. The molecule has 0 aliphatic rings. The summed E-state index contributed by atoms with van der Waals surface area (Å²) in [7, 11) is 1.64. The minimum Gasteiger partial charge on any atom is -0.497 e. The Balaban J connectivity index is 1.73. The number of imidazole rings is 1. The van der Waals surface area contributed by atoms with E-state index in [0.717, 1.165) is 33.8 Å². The minimum absolute atomic E-state index is 0.0794. The van der Waals surface area contributed by atoms with Crippen LogP contribution in [0.25, 0.3) is 16.9 Å². The monoisotopic (exact) mass is 371 g/mol. The number of amides is 1. The van der Waals surface area contributed by atoms with Crippen molar-refractivity contribution in [2.45, 2.75) is 13.3 Å². The second kappa shape index (κ2) is 7.56. The van der Waals surface area contributed by atoms with Gasteiger partial charge >= 0.3 is 0 Å². The molecule has 0 unspecified atom stereocenters. The lowest BCUT2D eigenvalue weighted by molar-refractivity contribution is -0.115. The first-order valence-electron chi connectivity index (χ1n) is 9.11. The van der Waals surface area contributed by atoms with Gasteiger partial charge in [-0.15, -0.1) is 0 Å². The van der Waals surface area contributed by atoms with Crippen molar-refractivity contribution in [1.82, 2.24) is 9.38 Å². The number of hydrogen-bond donors (Lipinski definition) is 1. The highest BCUT2D eigenvalue weighted by Crippen LogP contribution is 2.30. The minimum atomic E-state index is -0.0794. The number of ether oxygens (including phenoxy) is 1. The summed E-state index contributed by atoms with van der Waals surface area (Å²) >= 11 is 0. The zero-order valence-corrected chi connectivity index (χ0v) is 15.8. The quantitative estimate of drug-likeness (QED) is 0.562. The number of rotatable bonds is 5. The molecule has 4 aromatic rings. The summed E-state index contributed by atoms with van der Waals surface area (Å²) in [6.07, 6.45) is 2.29. The van der Waals surface area contributed by atoms with E-state index in [4.69, 9.17) is 9.72 Å². The second-order valence-corrected chi connectivity index (χ2v) is 6.68. The topological polar surface area (TPSA) is 55.6 Å². The van der Waals surface area contributed by atoms with E-state index >= 15 is 0 Å². The predicted octanol–water partition coefficient (Wildman–Crippen LogP) is 4.50. The largest absolute Gasteiger partial charge is 0.497 e. The van der Waals surface area contributed by atoms with Gasteiger partial charge in [0.2, 0.25) is 5.91 Å². The van der Waals surface area contributed by atoms with E-state index in [1.165, 1.54) is 0 Å². The highest BCUT2D eigenvalue weighted by molar-refractivity contribution is 5.95. The van der Waals surface area contributed by atoms with Gasteiger partial charge in [0.25, 0.3) is 0 Å². The Morgan fingerprint density at radius 3 is 2.50 bits per heavy atom. The first-order valence-corrected chi connectivity index (χ1v) is 9.11. The number of carbonyl (C=O) groups excluding carboxylic acids is 1. The highest BCUT2D eigenvalue weighted by Gasteiger charge is 2.17. The number of benzene rings is 2. The van der Waals surface area contributed by atoms with Gasteiger partial charge in [-0.05, 0) is 48.4 Å². The summed E-state index contributed by atoms with van der Waals surface area (Å²) < 4.78 is 7.17. The van der Waals surface area contributed by atoms with Crippen molar-refractivity contribution in [3.05, 3.63) is 84.1 Å². The SMILES string of the molecule is COc1ccc(-c2nc3ccc(C)cn3c2NC(=O)Cc2ccccc2)cc1. The number of aromatic nitrogens is 2. The third-order valence-corrected chi connectivity index (χ3v) is 4.60. The molecule has 1 amide bonds. The van der Waals surface area contributed by atoms with Crippen molar-refractivity contribution in [1.29, 1.82) is 0 Å². The number of aryl methyl sites for hydroxylation is 1. The van der Waals surface area contributed by atoms with Crippen molar-refractivity contribution in [2.75, 3.05) is 12.4 Å². The molecule has 0 bridgehead atoms. The van der Waals surface area contributed by atoms with Crippen LogP contribution >= 0.6 is 0 Å². The van der Waals surface area contributed by atoms with Gasteiger partial charge in [0.15, 0.2) is 0 Å². The summed E-state index contributed by atoms with van der Waals surface area (Å²) in [6, 6.07) is 21.3. The van der Waals surface area contributed by atoms with Gasteiger partial charge in [-0.25, -0.2) is 4.98 Å². The third kappa shape index (κ3) is 3.60. The van der Waals surface area contributed by atoms with Crippen LogP contribution in [0.3, 0.4) is 0 Å². The van der Waals surface area contributed by atoms with E-state index in [-0.39, 0.29) is 5.91 Å². The van der Waals surface area contributed by atoms with Crippen molar-refractivity contribution in [2.24, 2.45) is 0 Å². The Labute approximate surface area is 163 Å². The van der Waals surface area contributed by atoms with Crippen molar-refractivity contribution in [3.8, 4) is 17.0 Å². The molecule has 2 heterocycles. The molecule has 0 fully saturated rings. The van der Waals surface area contributed by atoms with Gasteiger partial charge < -0.3 is 10.1 Å². The molecule has 2 aromatic carbocycles. The number of anilines is 1. The highest BCUT2D eigenvalue weighted by atomic mass is 16.5. The Kier molecular flexibility index (Phi) is 4.81. The van der Waals surface area contributed by atoms with Crippen LogP contribution in [0.15, 0.2) is 72.9 Å². The lowest BCUT2D eigenvalue weighted by atomic mass is 10.1. The average molecular weight is 371 g/mol. The van der Waals surface area contributed by atoms with E-state index in [9.17, 15) is 4.79 Å². The standard InChI is InChI=1S/C23H21N3O2/c1-16-8-13-20-24-22(18-9-11-19(28-2)12-10-18)23(26(20)15-16)25-21(27)14-17-6-4-3-5-7-17/h3-13,15H,14H2,1-2H3,(H,25,27). The van der Waals surface area contributed by atoms with Crippen LogP contribution in [-0.4, -0.2) is 22.4 Å². The fraction of sp³-hybridized carbons (Fsp3) is 0.130. The Hall–Kier alpha value is -3.60. The molecule has 4 rings (SSSR count).